The summed E-state index contributed by atoms with van der Waals surface area (Å²) in [6.07, 6.45) is 2.42. The minimum Gasteiger partial charge on any atom is -0.261 e. The lowest BCUT2D eigenvalue weighted by Gasteiger charge is -2.09. The standard InChI is InChI=1S/C10H6ClF2N3O2S/c11-9-10(15-5-4-14-9)16-19(17,18)8-6(12)2-1-3-7(8)13/h1-5H,(H,15,16). The van der Waals surface area contributed by atoms with Crippen LogP contribution in [0.2, 0.25) is 5.15 Å². The third-order valence-electron chi connectivity index (χ3n) is 2.07. The molecule has 0 fully saturated rings. The quantitative estimate of drug-likeness (QED) is 0.943. The van der Waals surface area contributed by atoms with Crippen LogP contribution in [0.25, 0.3) is 0 Å². The lowest BCUT2D eigenvalue weighted by atomic mass is 10.3. The van der Waals surface area contributed by atoms with Gasteiger partial charge in [0.1, 0.15) is 11.6 Å². The molecule has 0 aliphatic heterocycles. The van der Waals surface area contributed by atoms with Gasteiger partial charge in [-0.15, -0.1) is 0 Å². The minimum atomic E-state index is -4.48. The van der Waals surface area contributed by atoms with Crippen molar-refractivity contribution in [3.63, 3.8) is 0 Å². The monoisotopic (exact) mass is 305 g/mol. The van der Waals surface area contributed by atoms with Crippen molar-refractivity contribution >= 4 is 27.4 Å². The SMILES string of the molecule is O=S(=O)(Nc1nccnc1Cl)c1c(F)cccc1F. The Morgan fingerprint density at radius 3 is 2.26 bits per heavy atom. The second-order valence-electron chi connectivity index (χ2n) is 3.35. The fourth-order valence-electron chi connectivity index (χ4n) is 1.31. The first-order valence-electron chi connectivity index (χ1n) is 4.85. The number of nitrogens with zero attached hydrogens (tertiary/aromatic N) is 2. The van der Waals surface area contributed by atoms with Crippen LogP contribution in [0.4, 0.5) is 14.6 Å². The predicted molar refractivity (Wildman–Crippen MR) is 64.2 cm³/mol. The molecule has 1 aromatic heterocycles. The zero-order valence-electron chi connectivity index (χ0n) is 9.14. The number of anilines is 1. The zero-order chi connectivity index (χ0) is 14.0. The molecule has 0 unspecified atom stereocenters. The molecule has 5 nitrogen and oxygen atoms in total. The summed E-state index contributed by atoms with van der Waals surface area (Å²) in [5, 5.41) is -0.233. The number of hydrogen-bond acceptors (Lipinski definition) is 4. The first kappa shape index (κ1) is 13.6. The maximum Gasteiger partial charge on any atom is 0.268 e. The van der Waals surface area contributed by atoms with Gasteiger partial charge in [0.25, 0.3) is 10.0 Å². The second kappa shape index (κ2) is 5.06. The smallest absolute Gasteiger partial charge is 0.261 e. The van der Waals surface area contributed by atoms with Crippen molar-refractivity contribution in [1.29, 1.82) is 0 Å². The van der Waals surface area contributed by atoms with E-state index in [2.05, 4.69) is 9.97 Å². The van der Waals surface area contributed by atoms with Gasteiger partial charge in [0.05, 0.1) is 0 Å². The fourth-order valence-corrected chi connectivity index (χ4v) is 2.67. The Morgan fingerprint density at radius 1 is 1.11 bits per heavy atom. The van der Waals surface area contributed by atoms with Gasteiger partial charge < -0.3 is 0 Å². The summed E-state index contributed by atoms with van der Waals surface area (Å²) in [7, 11) is -4.48. The normalized spacial score (nSPS) is 11.3. The van der Waals surface area contributed by atoms with E-state index in [0.717, 1.165) is 18.2 Å². The third kappa shape index (κ3) is 2.79. The molecule has 0 aliphatic carbocycles. The average molecular weight is 306 g/mol. The van der Waals surface area contributed by atoms with Crippen LogP contribution in [0.1, 0.15) is 0 Å². The number of sulfonamides is 1. The first-order valence-corrected chi connectivity index (χ1v) is 6.71. The summed E-state index contributed by atoms with van der Waals surface area (Å²) in [5.74, 6) is -2.74. The Kier molecular flexibility index (Phi) is 3.63. The summed E-state index contributed by atoms with van der Waals surface area (Å²) in [6, 6.07) is 2.71. The van der Waals surface area contributed by atoms with Gasteiger partial charge in [0, 0.05) is 12.4 Å². The van der Waals surface area contributed by atoms with E-state index in [9.17, 15) is 17.2 Å². The van der Waals surface area contributed by atoms with E-state index < -0.39 is 26.6 Å². The fraction of sp³-hybridized carbons (Fsp3) is 0. The van der Waals surface area contributed by atoms with Crippen LogP contribution in [0, 0.1) is 11.6 Å². The molecule has 0 radical (unpaired) electrons. The van der Waals surface area contributed by atoms with Gasteiger partial charge in [-0.1, -0.05) is 17.7 Å². The van der Waals surface area contributed by atoms with E-state index in [0.29, 0.717) is 0 Å². The van der Waals surface area contributed by atoms with Crippen molar-refractivity contribution in [1.82, 2.24) is 9.97 Å². The van der Waals surface area contributed by atoms with Crippen molar-refractivity contribution in [3.05, 3.63) is 47.4 Å². The van der Waals surface area contributed by atoms with Crippen LogP contribution in [0.3, 0.4) is 0 Å². The molecular formula is C10H6ClF2N3O2S. The Labute approximate surface area is 112 Å². The summed E-state index contributed by atoms with van der Waals surface area (Å²) in [6.45, 7) is 0. The molecule has 0 saturated heterocycles. The topological polar surface area (TPSA) is 72.0 Å². The second-order valence-corrected chi connectivity index (χ2v) is 5.33. The lowest BCUT2D eigenvalue weighted by Crippen LogP contribution is -2.17. The highest BCUT2D eigenvalue weighted by Crippen LogP contribution is 2.23. The molecule has 0 saturated carbocycles. The van der Waals surface area contributed by atoms with Gasteiger partial charge in [-0.05, 0) is 12.1 Å². The van der Waals surface area contributed by atoms with Crippen molar-refractivity contribution in [2.24, 2.45) is 0 Å². The highest BCUT2D eigenvalue weighted by atomic mass is 35.5. The van der Waals surface area contributed by atoms with E-state index in [1.54, 1.807) is 0 Å². The van der Waals surface area contributed by atoms with Gasteiger partial charge in [0.2, 0.25) is 0 Å². The molecule has 0 aliphatic rings. The summed E-state index contributed by atoms with van der Waals surface area (Å²) in [5.41, 5.74) is 0. The number of halogens is 3. The van der Waals surface area contributed by atoms with Crippen LogP contribution in [0.5, 0.6) is 0 Å². The number of rotatable bonds is 3. The molecule has 0 amide bonds. The number of aromatic nitrogens is 2. The van der Waals surface area contributed by atoms with Crippen LogP contribution in [-0.2, 0) is 10.0 Å². The molecule has 0 bridgehead atoms. The van der Waals surface area contributed by atoms with Gasteiger partial charge in [-0.25, -0.2) is 27.2 Å². The Morgan fingerprint density at radius 2 is 1.68 bits per heavy atom. The first-order chi connectivity index (χ1) is 8.92. The molecule has 0 spiro atoms. The molecule has 19 heavy (non-hydrogen) atoms. The number of benzene rings is 1. The van der Waals surface area contributed by atoms with Gasteiger partial charge in [0.15, 0.2) is 15.9 Å². The number of hydrogen-bond donors (Lipinski definition) is 1. The molecule has 2 aromatic rings. The Hall–Kier alpha value is -1.80. The zero-order valence-corrected chi connectivity index (χ0v) is 10.7. The largest absolute Gasteiger partial charge is 0.268 e. The molecule has 2 rings (SSSR count). The van der Waals surface area contributed by atoms with Gasteiger partial charge in [-0.3, -0.25) is 4.72 Å². The van der Waals surface area contributed by atoms with E-state index in [1.165, 1.54) is 12.4 Å². The van der Waals surface area contributed by atoms with E-state index >= 15 is 0 Å². The van der Waals surface area contributed by atoms with E-state index in [4.69, 9.17) is 11.6 Å². The maximum absolute atomic E-state index is 13.4. The molecule has 1 aromatic carbocycles. The van der Waals surface area contributed by atoms with E-state index in [1.807, 2.05) is 4.72 Å². The Bertz CT molecular complexity index is 704. The summed E-state index contributed by atoms with van der Waals surface area (Å²) in [4.78, 5) is 6.11. The Balaban J connectivity index is 2.47. The lowest BCUT2D eigenvalue weighted by molar-refractivity contribution is 0.521. The van der Waals surface area contributed by atoms with Crippen molar-refractivity contribution in [3.8, 4) is 0 Å². The predicted octanol–water partition coefficient (Wildman–Crippen LogP) is 2.21. The van der Waals surface area contributed by atoms with Crippen LogP contribution >= 0.6 is 11.6 Å². The van der Waals surface area contributed by atoms with E-state index in [-0.39, 0.29) is 11.0 Å². The van der Waals surface area contributed by atoms with Gasteiger partial charge in [-0.2, -0.15) is 0 Å². The van der Waals surface area contributed by atoms with Gasteiger partial charge >= 0.3 is 0 Å². The maximum atomic E-state index is 13.4. The molecule has 1 N–H and O–H groups in total. The van der Waals surface area contributed by atoms with Crippen LogP contribution in [0.15, 0.2) is 35.5 Å². The molecule has 9 heteroatoms. The summed E-state index contributed by atoms with van der Waals surface area (Å²) >= 11 is 5.61. The van der Waals surface area contributed by atoms with Crippen molar-refractivity contribution < 1.29 is 17.2 Å². The molecule has 0 atom stereocenters. The molecule has 1 heterocycles. The molecular weight excluding hydrogens is 300 g/mol. The number of nitrogens with one attached hydrogen (secondary N) is 1. The van der Waals surface area contributed by atoms with Crippen molar-refractivity contribution in [2.75, 3.05) is 4.72 Å². The van der Waals surface area contributed by atoms with Crippen molar-refractivity contribution in [2.45, 2.75) is 4.90 Å². The molecule has 100 valence electrons. The highest BCUT2D eigenvalue weighted by Gasteiger charge is 2.25. The third-order valence-corrected chi connectivity index (χ3v) is 3.74. The van der Waals surface area contributed by atoms with Crippen LogP contribution < -0.4 is 4.72 Å². The minimum absolute atomic E-state index is 0.233. The van der Waals surface area contributed by atoms with Crippen LogP contribution in [-0.4, -0.2) is 18.4 Å². The highest BCUT2D eigenvalue weighted by molar-refractivity contribution is 7.92. The summed E-state index contributed by atoms with van der Waals surface area (Å²) < 4.78 is 52.5. The average Bonchev–Trinajstić information content (AvgIpc) is 2.31.